The van der Waals surface area contributed by atoms with Crippen LogP contribution >= 0.6 is 0 Å². The van der Waals surface area contributed by atoms with Gasteiger partial charge in [0.05, 0.1) is 7.11 Å². The number of hydrogen-bond donors (Lipinski definition) is 1. The molecule has 1 saturated heterocycles. The van der Waals surface area contributed by atoms with Gasteiger partial charge in [-0.1, -0.05) is 24.3 Å². The molecule has 0 unspecified atom stereocenters. The van der Waals surface area contributed by atoms with Crippen LogP contribution in [0.3, 0.4) is 0 Å². The van der Waals surface area contributed by atoms with Gasteiger partial charge < -0.3 is 9.72 Å². The van der Waals surface area contributed by atoms with Gasteiger partial charge in [-0.15, -0.1) is 0 Å². The maximum atomic E-state index is 14.4. The number of para-hydroxylation sites is 1. The van der Waals surface area contributed by atoms with Crippen LogP contribution < -0.4 is 4.74 Å². The van der Waals surface area contributed by atoms with Crippen molar-refractivity contribution in [2.45, 2.75) is 19.4 Å². The lowest BCUT2D eigenvalue weighted by Crippen LogP contribution is -2.19. The maximum absolute atomic E-state index is 14.4. The van der Waals surface area contributed by atoms with E-state index in [0.717, 1.165) is 57.7 Å². The van der Waals surface area contributed by atoms with E-state index in [9.17, 15) is 4.39 Å². The third-order valence-corrected chi connectivity index (χ3v) is 5.90. The Labute approximate surface area is 175 Å². The van der Waals surface area contributed by atoms with Gasteiger partial charge in [0, 0.05) is 46.6 Å². The molecule has 30 heavy (non-hydrogen) atoms. The van der Waals surface area contributed by atoms with E-state index in [1.807, 2.05) is 48.8 Å². The summed E-state index contributed by atoms with van der Waals surface area (Å²) >= 11 is 0. The molecule has 1 N–H and O–H groups in total. The molecule has 152 valence electrons. The number of ether oxygens (including phenoxy) is 1. The number of nitrogens with zero attached hydrogens (tertiary/aromatic N) is 2. The Morgan fingerprint density at radius 1 is 1.03 bits per heavy atom. The SMILES string of the molecule is COc1ccccc1-c1c[nH]c2ncc(-c3ccc(F)c(CN4CCCC4)c3)cc12. The number of fused-ring (bicyclic) bond motifs is 1. The van der Waals surface area contributed by atoms with Crippen molar-refractivity contribution >= 4 is 11.0 Å². The second kappa shape index (κ2) is 7.92. The molecular weight excluding hydrogens is 377 g/mol. The first-order valence-electron chi connectivity index (χ1n) is 10.3. The number of hydrogen-bond acceptors (Lipinski definition) is 3. The first-order valence-corrected chi connectivity index (χ1v) is 10.3. The van der Waals surface area contributed by atoms with Crippen molar-refractivity contribution in [2.75, 3.05) is 20.2 Å². The van der Waals surface area contributed by atoms with Crippen molar-refractivity contribution in [3.8, 4) is 28.0 Å². The van der Waals surface area contributed by atoms with E-state index in [1.165, 1.54) is 12.8 Å². The molecule has 2 aromatic carbocycles. The average molecular weight is 401 g/mol. The highest BCUT2D eigenvalue weighted by atomic mass is 19.1. The van der Waals surface area contributed by atoms with Gasteiger partial charge in [0.2, 0.25) is 0 Å². The van der Waals surface area contributed by atoms with Crippen molar-refractivity contribution in [1.82, 2.24) is 14.9 Å². The normalized spacial score (nSPS) is 14.5. The molecule has 0 bridgehead atoms. The Bertz CT molecular complexity index is 1190. The second-order valence-electron chi connectivity index (χ2n) is 7.81. The summed E-state index contributed by atoms with van der Waals surface area (Å²) in [6.07, 6.45) is 6.20. The smallest absolute Gasteiger partial charge is 0.137 e. The minimum absolute atomic E-state index is 0.143. The molecule has 4 nitrogen and oxygen atoms in total. The molecule has 1 aliphatic rings. The third kappa shape index (κ3) is 3.46. The van der Waals surface area contributed by atoms with E-state index in [2.05, 4.69) is 20.9 Å². The number of rotatable bonds is 5. The zero-order valence-electron chi connectivity index (χ0n) is 17.0. The molecule has 3 heterocycles. The number of pyridine rings is 1. The Balaban J connectivity index is 1.55. The van der Waals surface area contributed by atoms with Gasteiger partial charge >= 0.3 is 0 Å². The van der Waals surface area contributed by atoms with Crippen LogP contribution in [0.5, 0.6) is 5.75 Å². The summed E-state index contributed by atoms with van der Waals surface area (Å²) in [6.45, 7) is 2.75. The highest BCUT2D eigenvalue weighted by Gasteiger charge is 2.16. The number of aromatic amines is 1. The summed E-state index contributed by atoms with van der Waals surface area (Å²) in [7, 11) is 1.68. The number of aromatic nitrogens is 2. The van der Waals surface area contributed by atoms with E-state index in [0.29, 0.717) is 6.54 Å². The van der Waals surface area contributed by atoms with Crippen LogP contribution in [-0.4, -0.2) is 35.1 Å². The predicted molar refractivity (Wildman–Crippen MR) is 118 cm³/mol. The summed E-state index contributed by atoms with van der Waals surface area (Å²) in [4.78, 5) is 10.2. The number of nitrogens with one attached hydrogen (secondary N) is 1. The molecule has 1 fully saturated rings. The summed E-state index contributed by atoms with van der Waals surface area (Å²) in [6, 6.07) is 15.4. The fourth-order valence-corrected chi connectivity index (χ4v) is 4.31. The van der Waals surface area contributed by atoms with Crippen molar-refractivity contribution in [1.29, 1.82) is 0 Å². The fourth-order valence-electron chi connectivity index (χ4n) is 4.31. The highest BCUT2D eigenvalue weighted by molar-refractivity contribution is 5.97. The van der Waals surface area contributed by atoms with Crippen molar-refractivity contribution < 1.29 is 9.13 Å². The molecule has 5 heteroatoms. The fraction of sp³-hybridized carbons (Fsp3) is 0.240. The Kier molecular flexibility index (Phi) is 4.97. The van der Waals surface area contributed by atoms with Crippen molar-refractivity contribution in [3.63, 3.8) is 0 Å². The van der Waals surface area contributed by atoms with Gasteiger partial charge in [-0.25, -0.2) is 9.37 Å². The Hall–Kier alpha value is -3.18. The lowest BCUT2D eigenvalue weighted by atomic mass is 10.00. The lowest BCUT2D eigenvalue weighted by molar-refractivity contribution is 0.325. The number of benzene rings is 2. The van der Waals surface area contributed by atoms with Crippen LogP contribution in [0, 0.1) is 5.82 Å². The molecule has 0 amide bonds. The first kappa shape index (κ1) is 18.8. The van der Waals surface area contributed by atoms with Crippen LogP contribution in [0.25, 0.3) is 33.3 Å². The Morgan fingerprint density at radius 2 is 1.87 bits per heavy atom. The van der Waals surface area contributed by atoms with Crippen LogP contribution in [0.15, 0.2) is 60.9 Å². The van der Waals surface area contributed by atoms with Crippen LogP contribution in [0.1, 0.15) is 18.4 Å². The van der Waals surface area contributed by atoms with Gasteiger partial charge in [0.15, 0.2) is 0 Å². The quantitative estimate of drug-likeness (QED) is 0.470. The van der Waals surface area contributed by atoms with Gasteiger partial charge in [0.25, 0.3) is 0 Å². The van der Waals surface area contributed by atoms with Gasteiger partial charge in [-0.05, 0) is 55.8 Å². The zero-order chi connectivity index (χ0) is 20.5. The highest BCUT2D eigenvalue weighted by Crippen LogP contribution is 2.36. The van der Waals surface area contributed by atoms with Crippen molar-refractivity contribution in [2.24, 2.45) is 0 Å². The van der Waals surface area contributed by atoms with Crippen molar-refractivity contribution in [3.05, 3.63) is 72.3 Å². The summed E-state index contributed by atoms with van der Waals surface area (Å²) in [5, 5.41) is 1.02. The molecule has 0 spiro atoms. The topological polar surface area (TPSA) is 41.1 Å². The summed E-state index contributed by atoms with van der Waals surface area (Å²) in [5.41, 5.74) is 5.57. The molecule has 1 aliphatic heterocycles. The first-order chi connectivity index (χ1) is 14.7. The predicted octanol–water partition coefficient (Wildman–Crippen LogP) is 5.64. The van der Waals surface area contributed by atoms with E-state index in [1.54, 1.807) is 13.2 Å². The molecular formula is C25H24FN3O. The molecule has 0 atom stereocenters. The van der Waals surface area contributed by atoms with Crippen LogP contribution in [0.2, 0.25) is 0 Å². The van der Waals surface area contributed by atoms with Gasteiger partial charge in [-0.2, -0.15) is 0 Å². The molecule has 0 saturated carbocycles. The van der Waals surface area contributed by atoms with Crippen LogP contribution in [0.4, 0.5) is 4.39 Å². The summed E-state index contributed by atoms with van der Waals surface area (Å²) < 4.78 is 20.0. The van der Waals surface area contributed by atoms with Gasteiger partial charge in [0.1, 0.15) is 17.2 Å². The number of halogens is 1. The molecule has 0 radical (unpaired) electrons. The van der Waals surface area contributed by atoms with E-state index in [-0.39, 0.29) is 5.82 Å². The van der Waals surface area contributed by atoms with Gasteiger partial charge in [-0.3, -0.25) is 4.90 Å². The maximum Gasteiger partial charge on any atom is 0.137 e. The van der Waals surface area contributed by atoms with E-state index in [4.69, 9.17) is 4.74 Å². The molecule has 2 aromatic heterocycles. The zero-order valence-corrected chi connectivity index (χ0v) is 17.0. The standard InChI is InChI=1S/C25H24FN3O/c1-30-24-7-3-2-6-20(24)22-15-28-25-21(22)13-18(14-27-25)17-8-9-23(26)19(12-17)16-29-10-4-5-11-29/h2-3,6-9,12-15H,4-5,10-11,16H2,1H3,(H,27,28). The monoisotopic (exact) mass is 401 g/mol. The van der Waals surface area contributed by atoms with E-state index >= 15 is 0 Å². The van der Waals surface area contributed by atoms with Crippen LogP contribution in [-0.2, 0) is 6.54 Å². The lowest BCUT2D eigenvalue weighted by Gasteiger charge is -2.16. The second-order valence-corrected chi connectivity index (χ2v) is 7.81. The molecule has 0 aliphatic carbocycles. The minimum atomic E-state index is -0.143. The third-order valence-electron chi connectivity index (χ3n) is 5.90. The Morgan fingerprint density at radius 3 is 2.70 bits per heavy atom. The van der Waals surface area contributed by atoms with E-state index < -0.39 is 0 Å². The molecule has 4 aromatic rings. The minimum Gasteiger partial charge on any atom is -0.496 e. The number of likely N-dealkylation sites (tertiary alicyclic amines) is 1. The molecule has 5 rings (SSSR count). The summed E-state index contributed by atoms with van der Waals surface area (Å²) in [5.74, 6) is 0.675. The largest absolute Gasteiger partial charge is 0.496 e. The number of methoxy groups -OCH3 is 1. The average Bonchev–Trinajstić information content (AvgIpc) is 3.44. The number of H-pyrrole nitrogens is 1.